The molecule has 0 radical (unpaired) electrons. The fraction of sp³-hybridized carbons (Fsp3) is 0.269. The zero-order valence-electron chi connectivity index (χ0n) is 17.6. The monoisotopic (exact) mass is 429 g/mol. The highest BCUT2D eigenvalue weighted by Crippen LogP contribution is 2.45. The lowest BCUT2D eigenvalue weighted by molar-refractivity contribution is 0.0929. The molecule has 0 saturated heterocycles. The Labute approximate surface area is 186 Å². The van der Waals surface area contributed by atoms with E-state index in [1.165, 1.54) is 60.5 Å². The van der Waals surface area contributed by atoms with Gasteiger partial charge in [0, 0.05) is 11.3 Å². The molecule has 0 unspecified atom stereocenters. The maximum Gasteiger partial charge on any atom is 0.252 e. The second-order valence-corrected chi connectivity index (χ2v) is 8.21. The molecular formula is C26H24FN3O2. The van der Waals surface area contributed by atoms with E-state index < -0.39 is 0 Å². The van der Waals surface area contributed by atoms with E-state index >= 15 is 0 Å². The first-order valence-electron chi connectivity index (χ1n) is 10.8. The molecule has 1 fully saturated rings. The maximum absolute atomic E-state index is 13.0. The number of phenols is 1. The molecule has 2 aromatic carbocycles. The smallest absolute Gasteiger partial charge is 0.252 e. The summed E-state index contributed by atoms with van der Waals surface area (Å²) >= 11 is 0. The van der Waals surface area contributed by atoms with Crippen molar-refractivity contribution in [2.45, 2.75) is 44.1 Å². The van der Waals surface area contributed by atoms with Crippen LogP contribution in [0.2, 0.25) is 0 Å². The van der Waals surface area contributed by atoms with Gasteiger partial charge >= 0.3 is 0 Å². The van der Waals surface area contributed by atoms with Crippen LogP contribution in [0.3, 0.4) is 0 Å². The molecule has 2 aliphatic rings. The van der Waals surface area contributed by atoms with Gasteiger partial charge in [-0.1, -0.05) is 12.1 Å². The van der Waals surface area contributed by atoms with E-state index in [1.54, 1.807) is 12.1 Å². The van der Waals surface area contributed by atoms with Gasteiger partial charge < -0.3 is 10.4 Å². The lowest BCUT2D eigenvalue weighted by atomic mass is 9.95. The van der Waals surface area contributed by atoms with E-state index in [0.717, 1.165) is 31.4 Å². The number of phenolic OH excluding ortho intramolecular Hbond substituents is 1. The molecule has 2 N–H and O–H groups in total. The summed E-state index contributed by atoms with van der Waals surface area (Å²) in [6.45, 7) is 0. The molecule has 0 aliphatic heterocycles. The average Bonchev–Trinajstić information content (AvgIpc) is 3.60. The summed E-state index contributed by atoms with van der Waals surface area (Å²) in [5.74, 6) is -0.366. The Hall–Kier alpha value is -3.72. The van der Waals surface area contributed by atoms with Crippen LogP contribution >= 0.6 is 0 Å². The minimum Gasteiger partial charge on any atom is -0.508 e. The van der Waals surface area contributed by atoms with Crippen molar-refractivity contribution >= 4 is 5.91 Å². The van der Waals surface area contributed by atoms with Crippen LogP contribution < -0.4 is 5.32 Å². The number of carbonyl (C=O) groups excluding carboxylic acids is 1. The van der Waals surface area contributed by atoms with E-state index in [0.29, 0.717) is 11.1 Å². The molecular weight excluding hydrogens is 405 g/mol. The van der Waals surface area contributed by atoms with Gasteiger partial charge in [-0.3, -0.25) is 9.78 Å². The number of halogens is 1. The van der Waals surface area contributed by atoms with Gasteiger partial charge in [-0.25, -0.2) is 4.39 Å². The minimum atomic E-state index is -0.335. The fourth-order valence-corrected chi connectivity index (χ4v) is 3.89. The lowest BCUT2D eigenvalue weighted by Gasteiger charge is -2.21. The minimum absolute atomic E-state index is 0.133. The van der Waals surface area contributed by atoms with Crippen molar-refractivity contribution in [3.05, 3.63) is 94.6 Å². The van der Waals surface area contributed by atoms with Gasteiger partial charge in [0.2, 0.25) is 0 Å². The summed E-state index contributed by atoms with van der Waals surface area (Å²) in [5, 5.41) is 20.2. The summed E-state index contributed by atoms with van der Waals surface area (Å²) in [6.07, 6.45) is 6.39. The molecule has 3 aromatic rings. The Kier molecular flexibility index (Phi) is 6.18. The Morgan fingerprint density at radius 2 is 1.81 bits per heavy atom. The van der Waals surface area contributed by atoms with Crippen LogP contribution in [0.1, 0.15) is 58.6 Å². The third-order valence-corrected chi connectivity index (χ3v) is 5.85. The van der Waals surface area contributed by atoms with E-state index in [-0.39, 0.29) is 23.0 Å². The molecule has 0 bridgehead atoms. The zero-order valence-corrected chi connectivity index (χ0v) is 17.6. The van der Waals surface area contributed by atoms with Gasteiger partial charge in [0.25, 0.3) is 5.91 Å². The van der Waals surface area contributed by atoms with Crippen molar-refractivity contribution in [1.82, 2.24) is 10.3 Å². The number of rotatable bonds is 3. The van der Waals surface area contributed by atoms with Gasteiger partial charge in [0.15, 0.2) is 0 Å². The number of aromatic nitrogens is 1. The molecule has 0 spiro atoms. The lowest BCUT2D eigenvalue weighted by Crippen LogP contribution is -2.35. The molecule has 0 atom stereocenters. The summed E-state index contributed by atoms with van der Waals surface area (Å²) < 4.78 is 13.0. The quantitative estimate of drug-likeness (QED) is 0.627. The van der Waals surface area contributed by atoms with Crippen molar-refractivity contribution in [2.75, 3.05) is 0 Å². The summed E-state index contributed by atoms with van der Waals surface area (Å²) in [5.41, 5.74) is 4.13. The molecule has 5 rings (SSSR count). The average molecular weight is 429 g/mol. The third kappa shape index (κ3) is 4.94. The van der Waals surface area contributed by atoms with Gasteiger partial charge in [0.1, 0.15) is 11.6 Å². The standard InChI is InChI=1S/C19H19FN2O.C7H5NO/c20-15-8-5-14(6-9-15)18(23)22-19(11-12-19)17-10-7-13-3-1-2-4-16(13)21-17;8-5-6-2-1-3-7(9)4-6/h5-10H,1-4,11-12H2,(H,22,23);1-4,9H. The molecule has 32 heavy (non-hydrogen) atoms. The third-order valence-electron chi connectivity index (χ3n) is 5.85. The number of amides is 1. The van der Waals surface area contributed by atoms with Crippen molar-refractivity contribution in [1.29, 1.82) is 5.26 Å². The number of fused-ring (bicyclic) bond motifs is 1. The van der Waals surface area contributed by atoms with Crippen molar-refractivity contribution in [3.8, 4) is 11.8 Å². The van der Waals surface area contributed by atoms with Crippen LogP contribution in [-0.2, 0) is 18.4 Å². The van der Waals surface area contributed by atoms with Gasteiger partial charge in [-0.2, -0.15) is 5.26 Å². The summed E-state index contributed by atoms with van der Waals surface area (Å²) in [6, 6.07) is 18.0. The van der Waals surface area contributed by atoms with Gasteiger partial charge in [-0.05, 0) is 92.6 Å². The van der Waals surface area contributed by atoms with E-state index in [2.05, 4.69) is 17.4 Å². The number of nitrogens with one attached hydrogen (secondary N) is 1. The SMILES string of the molecule is N#Cc1cccc(O)c1.O=C(NC1(c2ccc3c(n2)CCCC3)CC1)c1ccc(F)cc1. The van der Waals surface area contributed by atoms with Crippen LogP contribution in [0.4, 0.5) is 4.39 Å². The number of nitrogens with zero attached hydrogens (tertiary/aromatic N) is 2. The summed E-state index contributed by atoms with van der Waals surface area (Å²) in [4.78, 5) is 17.2. The molecule has 2 aliphatic carbocycles. The highest BCUT2D eigenvalue weighted by Gasteiger charge is 2.47. The highest BCUT2D eigenvalue weighted by atomic mass is 19.1. The van der Waals surface area contributed by atoms with Crippen LogP contribution in [0, 0.1) is 17.1 Å². The molecule has 5 nitrogen and oxygen atoms in total. The topological polar surface area (TPSA) is 86.0 Å². The fourth-order valence-electron chi connectivity index (χ4n) is 3.89. The number of aromatic hydroxyl groups is 1. The molecule has 162 valence electrons. The predicted octanol–water partition coefficient (Wildman–Crippen LogP) is 4.78. The predicted molar refractivity (Wildman–Crippen MR) is 118 cm³/mol. The number of nitriles is 1. The van der Waals surface area contributed by atoms with Crippen molar-refractivity contribution in [3.63, 3.8) is 0 Å². The van der Waals surface area contributed by atoms with Crippen LogP contribution in [0.25, 0.3) is 0 Å². The molecule has 6 heteroatoms. The Bertz CT molecular complexity index is 1160. The van der Waals surface area contributed by atoms with E-state index in [4.69, 9.17) is 15.4 Å². The molecule has 1 aromatic heterocycles. The summed E-state index contributed by atoms with van der Waals surface area (Å²) in [7, 11) is 0. The largest absolute Gasteiger partial charge is 0.508 e. The number of benzene rings is 2. The zero-order chi connectivity index (χ0) is 22.6. The van der Waals surface area contributed by atoms with E-state index in [1.807, 2.05) is 6.07 Å². The van der Waals surface area contributed by atoms with Crippen LogP contribution in [0.15, 0.2) is 60.7 Å². The normalized spacial score (nSPS) is 15.4. The highest BCUT2D eigenvalue weighted by molar-refractivity contribution is 5.95. The second-order valence-electron chi connectivity index (χ2n) is 8.21. The number of hydrogen-bond donors (Lipinski definition) is 2. The van der Waals surface area contributed by atoms with E-state index in [9.17, 15) is 9.18 Å². The molecule has 1 heterocycles. The van der Waals surface area contributed by atoms with Gasteiger partial charge in [0.05, 0.1) is 22.9 Å². The molecule has 1 amide bonds. The molecule has 1 saturated carbocycles. The van der Waals surface area contributed by atoms with Crippen molar-refractivity contribution < 1.29 is 14.3 Å². The Balaban J connectivity index is 0.000000230. The number of hydrogen-bond acceptors (Lipinski definition) is 4. The van der Waals surface area contributed by atoms with Crippen LogP contribution in [0.5, 0.6) is 5.75 Å². The first-order valence-corrected chi connectivity index (χ1v) is 10.8. The van der Waals surface area contributed by atoms with Crippen molar-refractivity contribution in [2.24, 2.45) is 0 Å². The number of aryl methyl sites for hydroxylation is 2. The number of carbonyl (C=O) groups is 1. The van der Waals surface area contributed by atoms with Gasteiger partial charge in [-0.15, -0.1) is 0 Å². The van der Waals surface area contributed by atoms with Crippen LogP contribution in [-0.4, -0.2) is 16.0 Å². The maximum atomic E-state index is 13.0. The Morgan fingerprint density at radius 3 is 2.47 bits per heavy atom. The Morgan fingerprint density at radius 1 is 1.06 bits per heavy atom. The first-order chi connectivity index (χ1) is 15.5. The number of pyridine rings is 1. The first kappa shape index (κ1) is 21.5. The second kappa shape index (κ2) is 9.19.